The third kappa shape index (κ3) is 4.90. The lowest BCUT2D eigenvalue weighted by molar-refractivity contribution is 0.0961. The molecule has 0 saturated heterocycles. The van der Waals surface area contributed by atoms with Gasteiger partial charge in [0.2, 0.25) is 5.91 Å². The second-order valence-corrected chi connectivity index (χ2v) is 6.00. The zero-order valence-electron chi connectivity index (χ0n) is 15.5. The van der Waals surface area contributed by atoms with Gasteiger partial charge in [-0.2, -0.15) is 5.26 Å². The number of amides is 2. The molecule has 7 nitrogen and oxygen atoms in total. The second-order valence-electron chi connectivity index (χ2n) is 6.00. The summed E-state index contributed by atoms with van der Waals surface area (Å²) in [5.41, 5.74) is 6.63. The van der Waals surface area contributed by atoms with E-state index in [2.05, 4.69) is 5.32 Å². The van der Waals surface area contributed by atoms with Gasteiger partial charge in [0.25, 0.3) is 5.91 Å². The SMILES string of the molecule is CNC(=O)c1ccc(Oc2cc(Oc3ccc(C#N)cc3)cc(C(N)=O)c2)cc1. The van der Waals surface area contributed by atoms with E-state index < -0.39 is 5.91 Å². The summed E-state index contributed by atoms with van der Waals surface area (Å²) in [6.07, 6.45) is 0. The van der Waals surface area contributed by atoms with Crippen LogP contribution in [0.15, 0.2) is 66.7 Å². The Morgan fingerprint density at radius 1 is 0.828 bits per heavy atom. The minimum Gasteiger partial charge on any atom is -0.457 e. The minimum absolute atomic E-state index is 0.203. The van der Waals surface area contributed by atoms with Crippen LogP contribution in [0, 0.1) is 11.3 Å². The number of primary amides is 1. The molecule has 0 saturated carbocycles. The van der Waals surface area contributed by atoms with Crippen molar-refractivity contribution in [3.05, 3.63) is 83.4 Å². The number of benzene rings is 3. The lowest BCUT2D eigenvalue weighted by Gasteiger charge is -2.11. The van der Waals surface area contributed by atoms with E-state index in [1.54, 1.807) is 61.6 Å². The molecule has 0 atom stereocenters. The van der Waals surface area contributed by atoms with E-state index >= 15 is 0 Å². The van der Waals surface area contributed by atoms with Crippen molar-refractivity contribution in [3.63, 3.8) is 0 Å². The van der Waals surface area contributed by atoms with Crippen molar-refractivity contribution in [3.8, 4) is 29.1 Å². The van der Waals surface area contributed by atoms with Crippen LogP contribution in [0.2, 0.25) is 0 Å². The predicted molar refractivity (Wildman–Crippen MR) is 106 cm³/mol. The molecule has 3 aromatic rings. The molecule has 144 valence electrons. The van der Waals surface area contributed by atoms with Gasteiger partial charge in [0.1, 0.15) is 23.0 Å². The number of hydrogen-bond donors (Lipinski definition) is 2. The minimum atomic E-state index is -0.630. The van der Waals surface area contributed by atoms with Gasteiger partial charge in [-0.05, 0) is 60.7 Å². The summed E-state index contributed by atoms with van der Waals surface area (Å²) >= 11 is 0. The topological polar surface area (TPSA) is 114 Å². The Hall–Kier alpha value is -4.31. The monoisotopic (exact) mass is 387 g/mol. The summed E-state index contributed by atoms with van der Waals surface area (Å²) in [6, 6.07) is 19.7. The molecule has 2 amide bonds. The van der Waals surface area contributed by atoms with Gasteiger partial charge in [-0.15, -0.1) is 0 Å². The molecule has 7 heteroatoms. The van der Waals surface area contributed by atoms with Crippen molar-refractivity contribution >= 4 is 11.8 Å². The normalized spacial score (nSPS) is 9.93. The Labute approximate surface area is 167 Å². The summed E-state index contributed by atoms with van der Waals surface area (Å²) in [5.74, 6) is 0.830. The van der Waals surface area contributed by atoms with E-state index in [9.17, 15) is 9.59 Å². The molecule has 0 spiro atoms. The number of carbonyl (C=O) groups is 2. The van der Waals surface area contributed by atoms with Crippen molar-refractivity contribution in [1.29, 1.82) is 5.26 Å². The average molecular weight is 387 g/mol. The van der Waals surface area contributed by atoms with Gasteiger partial charge in [0, 0.05) is 24.2 Å². The van der Waals surface area contributed by atoms with Crippen LogP contribution < -0.4 is 20.5 Å². The number of rotatable bonds is 6. The van der Waals surface area contributed by atoms with Crippen molar-refractivity contribution < 1.29 is 19.1 Å². The van der Waals surface area contributed by atoms with Crippen molar-refractivity contribution in [2.75, 3.05) is 7.05 Å². The maximum atomic E-state index is 11.7. The predicted octanol–water partition coefficient (Wildman–Crippen LogP) is 3.60. The van der Waals surface area contributed by atoms with Gasteiger partial charge >= 0.3 is 0 Å². The number of nitrogens with two attached hydrogens (primary N) is 1. The summed E-state index contributed by atoms with van der Waals surface area (Å²) in [6.45, 7) is 0. The molecule has 0 aromatic heterocycles. The Bertz CT molecular complexity index is 1080. The molecule has 3 aromatic carbocycles. The molecule has 0 bridgehead atoms. The summed E-state index contributed by atoms with van der Waals surface area (Å²) in [5, 5.41) is 11.4. The molecule has 3 rings (SSSR count). The van der Waals surface area contributed by atoms with Gasteiger partial charge in [0.15, 0.2) is 0 Å². The Balaban J connectivity index is 1.85. The van der Waals surface area contributed by atoms with E-state index in [0.717, 1.165) is 0 Å². The zero-order valence-corrected chi connectivity index (χ0v) is 15.5. The first-order chi connectivity index (χ1) is 14.0. The highest BCUT2D eigenvalue weighted by Gasteiger charge is 2.10. The number of nitrogens with one attached hydrogen (secondary N) is 1. The molecule has 0 aliphatic heterocycles. The van der Waals surface area contributed by atoms with E-state index in [4.69, 9.17) is 20.5 Å². The number of nitriles is 1. The van der Waals surface area contributed by atoms with Crippen LogP contribution in [-0.2, 0) is 0 Å². The molecule has 0 aliphatic rings. The fourth-order valence-corrected chi connectivity index (χ4v) is 2.52. The lowest BCUT2D eigenvalue weighted by atomic mass is 10.2. The summed E-state index contributed by atoms with van der Waals surface area (Å²) in [4.78, 5) is 23.3. The molecule has 0 heterocycles. The Kier molecular flexibility index (Phi) is 5.76. The smallest absolute Gasteiger partial charge is 0.251 e. The van der Waals surface area contributed by atoms with Crippen LogP contribution in [-0.4, -0.2) is 18.9 Å². The second kappa shape index (κ2) is 8.59. The van der Waals surface area contributed by atoms with Crippen molar-refractivity contribution in [2.45, 2.75) is 0 Å². The van der Waals surface area contributed by atoms with Gasteiger partial charge in [-0.25, -0.2) is 0 Å². The highest BCUT2D eigenvalue weighted by atomic mass is 16.5. The highest BCUT2D eigenvalue weighted by Crippen LogP contribution is 2.30. The van der Waals surface area contributed by atoms with E-state index in [-0.39, 0.29) is 11.5 Å². The van der Waals surface area contributed by atoms with E-state index in [1.807, 2.05) is 6.07 Å². The zero-order chi connectivity index (χ0) is 20.8. The molecule has 29 heavy (non-hydrogen) atoms. The maximum absolute atomic E-state index is 11.7. The first kappa shape index (κ1) is 19.5. The Morgan fingerprint density at radius 2 is 1.34 bits per heavy atom. The molecule has 0 radical (unpaired) electrons. The first-order valence-electron chi connectivity index (χ1n) is 8.61. The molecule has 0 fully saturated rings. The van der Waals surface area contributed by atoms with E-state index in [0.29, 0.717) is 34.1 Å². The van der Waals surface area contributed by atoms with Crippen LogP contribution >= 0.6 is 0 Å². The van der Waals surface area contributed by atoms with Crippen LogP contribution in [0.1, 0.15) is 26.3 Å². The Morgan fingerprint density at radius 3 is 1.79 bits per heavy atom. The van der Waals surface area contributed by atoms with Crippen LogP contribution in [0.4, 0.5) is 0 Å². The largest absolute Gasteiger partial charge is 0.457 e. The number of carbonyl (C=O) groups excluding carboxylic acids is 2. The van der Waals surface area contributed by atoms with Crippen LogP contribution in [0.25, 0.3) is 0 Å². The third-order valence-electron chi connectivity index (χ3n) is 3.96. The number of ether oxygens (including phenoxy) is 2. The van der Waals surface area contributed by atoms with Gasteiger partial charge in [-0.1, -0.05) is 0 Å². The molecule has 3 N–H and O–H groups in total. The fraction of sp³-hybridized carbons (Fsp3) is 0.0455. The first-order valence-corrected chi connectivity index (χ1v) is 8.61. The standard InChI is InChI=1S/C22H17N3O4/c1-25-22(27)15-4-8-18(9-5-15)29-20-11-16(21(24)26)10-19(12-20)28-17-6-2-14(13-23)3-7-17/h2-12H,1H3,(H2,24,26)(H,25,27). The molecular formula is C22H17N3O4. The lowest BCUT2D eigenvalue weighted by Crippen LogP contribution is -2.17. The van der Waals surface area contributed by atoms with Crippen LogP contribution in [0.5, 0.6) is 23.0 Å². The summed E-state index contributed by atoms with van der Waals surface area (Å²) in [7, 11) is 1.55. The van der Waals surface area contributed by atoms with Gasteiger partial charge in [0.05, 0.1) is 11.6 Å². The van der Waals surface area contributed by atoms with E-state index in [1.165, 1.54) is 12.1 Å². The average Bonchev–Trinajstić information content (AvgIpc) is 2.74. The number of hydrogen-bond acceptors (Lipinski definition) is 5. The number of nitrogens with zero attached hydrogens (tertiary/aromatic N) is 1. The van der Waals surface area contributed by atoms with Gasteiger partial charge in [-0.3, -0.25) is 9.59 Å². The quantitative estimate of drug-likeness (QED) is 0.671. The molecular weight excluding hydrogens is 370 g/mol. The van der Waals surface area contributed by atoms with Crippen molar-refractivity contribution in [2.24, 2.45) is 5.73 Å². The molecule has 0 aliphatic carbocycles. The maximum Gasteiger partial charge on any atom is 0.251 e. The van der Waals surface area contributed by atoms with Crippen molar-refractivity contribution in [1.82, 2.24) is 5.32 Å². The highest BCUT2D eigenvalue weighted by molar-refractivity contribution is 5.94. The summed E-state index contributed by atoms with van der Waals surface area (Å²) < 4.78 is 11.6. The van der Waals surface area contributed by atoms with Crippen LogP contribution in [0.3, 0.4) is 0 Å². The molecule has 0 unspecified atom stereocenters. The third-order valence-corrected chi connectivity index (χ3v) is 3.96. The van der Waals surface area contributed by atoms with Gasteiger partial charge < -0.3 is 20.5 Å². The fourth-order valence-electron chi connectivity index (χ4n) is 2.52.